The number of nitro benzene ring substituents is 1. The van der Waals surface area contributed by atoms with Crippen LogP contribution in [0.1, 0.15) is 18.4 Å². The van der Waals surface area contributed by atoms with Gasteiger partial charge in [-0.05, 0) is 30.5 Å². The minimum Gasteiger partial charge on any atom is -0.356 e. The van der Waals surface area contributed by atoms with E-state index in [9.17, 15) is 10.1 Å². The van der Waals surface area contributed by atoms with Gasteiger partial charge in [-0.15, -0.1) is 0 Å². The van der Waals surface area contributed by atoms with Crippen LogP contribution in [-0.2, 0) is 6.54 Å². The highest BCUT2D eigenvalue weighted by Crippen LogP contribution is 2.17. The number of rotatable bonds is 5. The van der Waals surface area contributed by atoms with Crippen molar-refractivity contribution in [3.05, 3.63) is 64.3 Å². The molecule has 2 aromatic rings. The molecule has 0 bridgehead atoms. The number of hydrogen-bond acceptors (Lipinski definition) is 5. The number of nitro groups is 1. The zero-order chi connectivity index (χ0) is 19.1. The summed E-state index contributed by atoms with van der Waals surface area (Å²) in [4.78, 5) is 21.5. The number of aromatic nitrogens is 1. The van der Waals surface area contributed by atoms with E-state index >= 15 is 0 Å². The summed E-state index contributed by atoms with van der Waals surface area (Å²) in [6.07, 6.45) is 3.81. The van der Waals surface area contributed by atoms with Crippen molar-refractivity contribution in [1.29, 1.82) is 0 Å². The average molecular weight is 368 g/mol. The van der Waals surface area contributed by atoms with Gasteiger partial charge in [-0.2, -0.15) is 0 Å². The first kappa shape index (κ1) is 18.6. The first-order valence-corrected chi connectivity index (χ1v) is 9.02. The number of nitrogens with zero attached hydrogens (tertiary/aromatic N) is 4. The summed E-state index contributed by atoms with van der Waals surface area (Å²) in [5.41, 5.74) is 0.941. The second-order valence-electron chi connectivity index (χ2n) is 6.45. The number of guanidine groups is 1. The van der Waals surface area contributed by atoms with Crippen LogP contribution in [0.5, 0.6) is 0 Å². The van der Waals surface area contributed by atoms with Crippen molar-refractivity contribution in [2.75, 3.05) is 25.0 Å². The van der Waals surface area contributed by atoms with Gasteiger partial charge in [-0.3, -0.25) is 15.1 Å². The van der Waals surface area contributed by atoms with Gasteiger partial charge in [0.25, 0.3) is 5.69 Å². The molecule has 0 aliphatic carbocycles. The topological polar surface area (TPSA) is 95.7 Å². The van der Waals surface area contributed by atoms with Crippen molar-refractivity contribution < 1.29 is 4.92 Å². The molecule has 0 radical (unpaired) electrons. The van der Waals surface area contributed by atoms with Crippen LogP contribution in [0, 0.1) is 10.1 Å². The Labute approximate surface area is 158 Å². The van der Waals surface area contributed by atoms with Gasteiger partial charge in [0.15, 0.2) is 5.96 Å². The van der Waals surface area contributed by atoms with Gasteiger partial charge in [0.05, 0.1) is 4.92 Å². The molecule has 0 unspecified atom stereocenters. The summed E-state index contributed by atoms with van der Waals surface area (Å²) in [5, 5.41) is 17.6. The van der Waals surface area contributed by atoms with E-state index < -0.39 is 0 Å². The quantitative estimate of drug-likeness (QED) is 0.364. The second kappa shape index (κ2) is 8.98. The lowest BCUT2D eigenvalue weighted by Gasteiger charge is -2.33. The number of aliphatic imine (C=N–C) groups is 1. The molecule has 1 aromatic carbocycles. The zero-order valence-corrected chi connectivity index (χ0v) is 15.3. The molecule has 1 saturated heterocycles. The molecule has 142 valence electrons. The smallest absolute Gasteiger partial charge is 0.269 e. The van der Waals surface area contributed by atoms with E-state index in [-0.39, 0.29) is 10.6 Å². The number of benzene rings is 1. The van der Waals surface area contributed by atoms with E-state index in [4.69, 9.17) is 0 Å². The highest BCUT2D eigenvalue weighted by atomic mass is 16.6. The van der Waals surface area contributed by atoms with Crippen LogP contribution in [-0.4, -0.2) is 42.0 Å². The molecule has 8 heteroatoms. The zero-order valence-electron chi connectivity index (χ0n) is 15.3. The lowest BCUT2D eigenvalue weighted by atomic mass is 10.1. The monoisotopic (exact) mass is 368 g/mol. The van der Waals surface area contributed by atoms with E-state index in [1.807, 2.05) is 30.5 Å². The summed E-state index contributed by atoms with van der Waals surface area (Å²) in [5.74, 6) is 1.72. The van der Waals surface area contributed by atoms with Crippen LogP contribution < -0.4 is 15.5 Å². The van der Waals surface area contributed by atoms with Crippen LogP contribution in [0.25, 0.3) is 0 Å². The molecule has 1 fully saturated rings. The van der Waals surface area contributed by atoms with Gasteiger partial charge >= 0.3 is 0 Å². The van der Waals surface area contributed by atoms with Gasteiger partial charge in [0.2, 0.25) is 0 Å². The van der Waals surface area contributed by atoms with Gasteiger partial charge in [0, 0.05) is 51.1 Å². The molecule has 1 aliphatic rings. The Kier molecular flexibility index (Phi) is 6.19. The van der Waals surface area contributed by atoms with Crippen molar-refractivity contribution >= 4 is 17.5 Å². The first-order chi connectivity index (χ1) is 13.2. The van der Waals surface area contributed by atoms with Gasteiger partial charge in [-0.25, -0.2) is 4.98 Å². The third-order valence-corrected chi connectivity index (χ3v) is 4.61. The second-order valence-corrected chi connectivity index (χ2v) is 6.45. The summed E-state index contributed by atoms with van der Waals surface area (Å²) in [7, 11) is 1.73. The Bertz CT molecular complexity index is 788. The molecule has 0 atom stereocenters. The Morgan fingerprint density at radius 3 is 2.78 bits per heavy atom. The molecule has 8 nitrogen and oxygen atoms in total. The average Bonchev–Trinajstić information content (AvgIpc) is 2.72. The minimum atomic E-state index is -0.383. The van der Waals surface area contributed by atoms with E-state index in [2.05, 4.69) is 25.5 Å². The number of pyridine rings is 1. The fourth-order valence-electron chi connectivity index (χ4n) is 3.15. The number of piperidine rings is 1. The molecule has 1 aliphatic heterocycles. The van der Waals surface area contributed by atoms with E-state index in [0.717, 1.165) is 37.3 Å². The molecular formula is C19H24N6O2. The predicted octanol–water partition coefficient (Wildman–Crippen LogP) is 2.32. The Morgan fingerprint density at radius 1 is 1.30 bits per heavy atom. The number of hydrogen-bond donors (Lipinski definition) is 2. The van der Waals surface area contributed by atoms with Crippen molar-refractivity contribution in [3.63, 3.8) is 0 Å². The third-order valence-electron chi connectivity index (χ3n) is 4.61. The summed E-state index contributed by atoms with van der Waals surface area (Å²) in [6.45, 7) is 2.36. The maximum atomic E-state index is 10.9. The Balaban J connectivity index is 1.48. The molecule has 0 spiro atoms. The number of anilines is 1. The predicted molar refractivity (Wildman–Crippen MR) is 106 cm³/mol. The van der Waals surface area contributed by atoms with Crippen molar-refractivity contribution in [2.24, 2.45) is 4.99 Å². The molecule has 2 heterocycles. The summed E-state index contributed by atoms with van der Waals surface area (Å²) in [6, 6.07) is 12.9. The number of non-ortho nitro benzene ring substituents is 1. The van der Waals surface area contributed by atoms with Crippen molar-refractivity contribution in [3.8, 4) is 0 Å². The van der Waals surface area contributed by atoms with E-state index in [0.29, 0.717) is 18.5 Å². The van der Waals surface area contributed by atoms with Gasteiger partial charge in [0.1, 0.15) is 5.82 Å². The first-order valence-electron chi connectivity index (χ1n) is 9.02. The third kappa shape index (κ3) is 5.16. The number of nitrogens with one attached hydrogen (secondary N) is 2. The SMILES string of the molecule is CN=C(NCc1cccc([N+](=O)[O-])c1)NC1CCN(c2ccccn2)CC1. The fraction of sp³-hybridized carbons (Fsp3) is 0.368. The normalized spacial score (nSPS) is 15.4. The fourth-order valence-corrected chi connectivity index (χ4v) is 3.15. The summed E-state index contributed by atoms with van der Waals surface area (Å²) < 4.78 is 0. The molecule has 0 amide bonds. The van der Waals surface area contributed by atoms with Gasteiger partial charge in [-0.1, -0.05) is 18.2 Å². The standard InChI is InChI=1S/C19H24N6O2/c1-20-19(22-14-15-5-4-6-17(13-15)25(26)27)23-16-8-11-24(12-9-16)18-7-2-3-10-21-18/h2-7,10,13,16H,8-9,11-12,14H2,1H3,(H2,20,22,23). The molecular weight excluding hydrogens is 344 g/mol. The molecule has 27 heavy (non-hydrogen) atoms. The van der Waals surface area contributed by atoms with Crippen LogP contribution in [0.4, 0.5) is 11.5 Å². The maximum Gasteiger partial charge on any atom is 0.269 e. The van der Waals surface area contributed by atoms with Crippen molar-refractivity contribution in [1.82, 2.24) is 15.6 Å². The Hall–Kier alpha value is -3.16. The van der Waals surface area contributed by atoms with Crippen molar-refractivity contribution in [2.45, 2.75) is 25.4 Å². The largest absolute Gasteiger partial charge is 0.356 e. The van der Waals surface area contributed by atoms with Gasteiger partial charge < -0.3 is 15.5 Å². The maximum absolute atomic E-state index is 10.9. The van der Waals surface area contributed by atoms with E-state index in [1.165, 1.54) is 6.07 Å². The molecule has 3 rings (SSSR count). The summed E-state index contributed by atoms with van der Waals surface area (Å²) >= 11 is 0. The highest BCUT2D eigenvalue weighted by molar-refractivity contribution is 5.80. The lowest BCUT2D eigenvalue weighted by Crippen LogP contribution is -2.48. The van der Waals surface area contributed by atoms with Crippen LogP contribution >= 0.6 is 0 Å². The molecule has 1 aromatic heterocycles. The Morgan fingerprint density at radius 2 is 2.11 bits per heavy atom. The highest BCUT2D eigenvalue weighted by Gasteiger charge is 2.20. The lowest BCUT2D eigenvalue weighted by molar-refractivity contribution is -0.384. The minimum absolute atomic E-state index is 0.0964. The van der Waals surface area contributed by atoms with Crippen LogP contribution in [0.15, 0.2) is 53.7 Å². The molecule has 0 saturated carbocycles. The van der Waals surface area contributed by atoms with Crippen LogP contribution in [0.2, 0.25) is 0 Å². The van der Waals surface area contributed by atoms with Crippen LogP contribution in [0.3, 0.4) is 0 Å². The molecule has 2 N–H and O–H groups in total. The van der Waals surface area contributed by atoms with E-state index in [1.54, 1.807) is 19.2 Å².